The summed E-state index contributed by atoms with van der Waals surface area (Å²) < 4.78 is 28.1. The van der Waals surface area contributed by atoms with Gasteiger partial charge in [0.15, 0.2) is 5.82 Å². The number of benzene rings is 1. The summed E-state index contributed by atoms with van der Waals surface area (Å²) >= 11 is 0. The third-order valence-electron chi connectivity index (χ3n) is 4.32. The SMILES string of the molecule is O=[N+]([O-])c1cnc2ccc(NC3CCN(c4ccc(F)cc4F)C3)nn12. The molecule has 4 rings (SSSR count). The number of hydrogen-bond acceptors (Lipinski definition) is 6. The Hall–Kier alpha value is -3.30. The molecule has 1 aliphatic heterocycles. The van der Waals surface area contributed by atoms with Gasteiger partial charge in [-0.3, -0.25) is 0 Å². The molecule has 0 bridgehead atoms. The normalized spacial score (nSPS) is 17.0. The Morgan fingerprint density at radius 1 is 1.27 bits per heavy atom. The Labute approximate surface area is 146 Å². The fraction of sp³-hybridized carbons (Fsp3) is 0.250. The van der Waals surface area contributed by atoms with Gasteiger partial charge in [0.1, 0.15) is 17.8 Å². The first-order valence-corrected chi connectivity index (χ1v) is 7.97. The number of nitrogens with one attached hydrogen (secondary N) is 1. The number of fused-ring (bicyclic) bond motifs is 1. The minimum absolute atomic E-state index is 0.0213. The largest absolute Gasteiger partial charge is 0.368 e. The van der Waals surface area contributed by atoms with E-state index in [9.17, 15) is 18.9 Å². The van der Waals surface area contributed by atoms with Crippen LogP contribution in [0.3, 0.4) is 0 Å². The van der Waals surface area contributed by atoms with E-state index in [1.54, 1.807) is 12.1 Å². The molecule has 1 aromatic carbocycles. The maximum atomic E-state index is 13.9. The number of aromatic nitrogens is 3. The number of halogens is 2. The number of nitro groups is 1. The van der Waals surface area contributed by atoms with Crippen molar-refractivity contribution in [1.29, 1.82) is 0 Å². The number of nitrogens with zero attached hydrogens (tertiary/aromatic N) is 5. The highest BCUT2D eigenvalue weighted by atomic mass is 19.1. The molecule has 1 aliphatic rings. The topological polar surface area (TPSA) is 88.6 Å². The molecule has 0 aliphatic carbocycles. The Bertz CT molecular complexity index is 992. The first-order chi connectivity index (χ1) is 12.5. The summed E-state index contributed by atoms with van der Waals surface area (Å²) in [7, 11) is 0. The minimum atomic E-state index is -0.612. The van der Waals surface area contributed by atoms with Crippen LogP contribution in [0.1, 0.15) is 6.42 Å². The molecule has 10 heteroatoms. The fourth-order valence-electron chi connectivity index (χ4n) is 3.11. The van der Waals surface area contributed by atoms with E-state index < -0.39 is 16.6 Å². The highest BCUT2D eigenvalue weighted by molar-refractivity contribution is 5.51. The number of anilines is 2. The molecule has 1 N–H and O–H groups in total. The van der Waals surface area contributed by atoms with Gasteiger partial charge < -0.3 is 20.3 Å². The van der Waals surface area contributed by atoms with Crippen molar-refractivity contribution in [2.45, 2.75) is 12.5 Å². The van der Waals surface area contributed by atoms with Gasteiger partial charge in [-0.15, -0.1) is 0 Å². The van der Waals surface area contributed by atoms with Crippen LogP contribution < -0.4 is 10.2 Å². The first kappa shape index (κ1) is 16.2. The average Bonchev–Trinajstić information content (AvgIpc) is 3.21. The second-order valence-electron chi connectivity index (χ2n) is 6.03. The highest BCUT2D eigenvalue weighted by Gasteiger charge is 2.25. The van der Waals surface area contributed by atoms with Crippen LogP contribution in [0.15, 0.2) is 36.5 Å². The van der Waals surface area contributed by atoms with Gasteiger partial charge in [-0.1, -0.05) is 9.61 Å². The van der Waals surface area contributed by atoms with E-state index >= 15 is 0 Å². The fourth-order valence-corrected chi connectivity index (χ4v) is 3.11. The van der Waals surface area contributed by atoms with Crippen molar-refractivity contribution >= 4 is 23.0 Å². The van der Waals surface area contributed by atoms with Crippen molar-refractivity contribution in [1.82, 2.24) is 14.6 Å². The zero-order valence-electron chi connectivity index (χ0n) is 13.5. The van der Waals surface area contributed by atoms with Crippen LogP contribution in [-0.4, -0.2) is 38.7 Å². The van der Waals surface area contributed by atoms with Crippen LogP contribution in [0.25, 0.3) is 5.65 Å². The van der Waals surface area contributed by atoms with E-state index in [0.717, 1.165) is 23.2 Å². The molecular weight excluding hydrogens is 346 g/mol. The monoisotopic (exact) mass is 360 g/mol. The van der Waals surface area contributed by atoms with E-state index in [-0.39, 0.29) is 11.9 Å². The molecule has 3 heterocycles. The smallest absolute Gasteiger partial charge is 0.367 e. The summed E-state index contributed by atoms with van der Waals surface area (Å²) in [5.41, 5.74) is 0.730. The van der Waals surface area contributed by atoms with Crippen molar-refractivity contribution < 1.29 is 13.7 Å². The van der Waals surface area contributed by atoms with Crippen molar-refractivity contribution in [2.24, 2.45) is 0 Å². The third kappa shape index (κ3) is 2.89. The Kier molecular flexibility index (Phi) is 3.86. The second kappa shape index (κ2) is 6.21. The summed E-state index contributed by atoms with van der Waals surface area (Å²) in [6.45, 7) is 1.11. The number of hydrogen-bond donors (Lipinski definition) is 1. The molecule has 1 fully saturated rings. The molecule has 2 aromatic heterocycles. The predicted molar refractivity (Wildman–Crippen MR) is 90.2 cm³/mol. The molecule has 1 atom stereocenters. The maximum Gasteiger partial charge on any atom is 0.368 e. The van der Waals surface area contributed by atoms with Crippen LogP contribution in [0.5, 0.6) is 0 Å². The molecule has 0 saturated carbocycles. The Balaban J connectivity index is 1.51. The van der Waals surface area contributed by atoms with Crippen molar-refractivity contribution in [2.75, 3.05) is 23.3 Å². The second-order valence-corrected chi connectivity index (χ2v) is 6.03. The number of rotatable bonds is 4. The molecule has 0 amide bonds. The van der Waals surface area contributed by atoms with Crippen LogP contribution in [-0.2, 0) is 0 Å². The molecule has 0 radical (unpaired) electrons. The molecule has 0 spiro atoms. The van der Waals surface area contributed by atoms with Gasteiger partial charge in [0.05, 0.1) is 5.69 Å². The standard InChI is InChI=1S/C16H14F2N6O2/c17-10-1-2-13(12(18)7-10)22-6-5-11(9-22)20-14-3-4-15-19-8-16(24(25)26)23(15)21-14/h1-4,7-8,11H,5-6,9H2,(H,20,21). The lowest BCUT2D eigenvalue weighted by Crippen LogP contribution is -2.27. The van der Waals surface area contributed by atoms with E-state index in [2.05, 4.69) is 15.4 Å². The Morgan fingerprint density at radius 2 is 2.12 bits per heavy atom. The molecule has 134 valence electrons. The summed E-state index contributed by atoms with van der Waals surface area (Å²) in [6.07, 6.45) is 1.88. The molecule has 3 aromatic rings. The predicted octanol–water partition coefficient (Wildman–Crippen LogP) is 2.61. The van der Waals surface area contributed by atoms with Crippen molar-refractivity contribution in [3.8, 4) is 0 Å². The molecule has 1 unspecified atom stereocenters. The maximum absolute atomic E-state index is 13.9. The third-order valence-corrected chi connectivity index (χ3v) is 4.32. The quantitative estimate of drug-likeness (QED) is 0.568. The first-order valence-electron chi connectivity index (χ1n) is 7.97. The molecule has 8 nitrogen and oxygen atoms in total. The van der Waals surface area contributed by atoms with Gasteiger partial charge in [-0.2, -0.15) is 0 Å². The lowest BCUT2D eigenvalue weighted by molar-refractivity contribution is -0.391. The van der Waals surface area contributed by atoms with Gasteiger partial charge in [0.2, 0.25) is 5.65 Å². The lowest BCUT2D eigenvalue weighted by Gasteiger charge is -2.19. The van der Waals surface area contributed by atoms with Gasteiger partial charge in [0, 0.05) is 31.3 Å². The lowest BCUT2D eigenvalue weighted by atomic mass is 10.2. The van der Waals surface area contributed by atoms with Gasteiger partial charge in [-0.25, -0.2) is 13.8 Å². The summed E-state index contributed by atoms with van der Waals surface area (Å²) in [6, 6.07) is 6.82. The zero-order chi connectivity index (χ0) is 18.3. The van der Waals surface area contributed by atoms with Crippen LogP contribution in [0, 0.1) is 21.7 Å². The van der Waals surface area contributed by atoms with E-state index in [1.807, 2.05) is 4.90 Å². The minimum Gasteiger partial charge on any atom is -0.367 e. The Morgan fingerprint density at radius 3 is 2.88 bits per heavy atom. The van der Waals surface area contributed by atoms with Crippen LogP contribution >= 0.6 is 0 Å². The van der Waals surface area contributed by atoms with E-state index in [1.165, 1.54) is 12.1 Å². The number of imidazole rings is 1. The van der Waals surface area contributed by atoms with Gasteiger partial charge >= 0.3 is 5.82 Å². The highest BCUT2D eigenvalue weighted by Crippen LogP contribution is 2.25. The molecular formula is C16H14F2N6O2. The average molecular weight is 360 g/mol. The van der Waals surface area contributed by atoms with Gasteiger partial charge in [0.25, 0.3) is 0 Å². The van der Waals surface area contributed by atoms with E-state index in [0.29, 0.717) is 30.2 Å². The summed E-state index contributed by atoms with van der Waals surface area (Å²) in [4.78, 5) is 16.2. The van der Waals surface area contributed by atoms with Crippen molar-refractivity contribution in [3.63, 3.8) is 0 Å². The van der Waals surface area contributed by atoms with E-state index in [4.69, 9.17) is 0 Å². The molecule has 26 heavy (non-hydrogen) atoms. The summed E-state index contributed by atoms with van der Waals surface area (Å²) in [5, 5.41) is 18.4. The molecule has 1 saturated heterocycles. The van der Waals surface area contributed by atoms with Crippen LogP contribution in [0.4, 0.5) is 26.1 Å². The van der Waals surface area contributed by atoms with Crippen molar-refractivity contribution in [3.05, 3.63) is 58.3 Å². The summed E-state index contributed by atoms with van der Waals surface area (Å²) in [5.74, 6) is -0.964. The zero-order valence-corrected chi connectivity index (χ0v) is 13.5. The van der Waals surface area contributed by atoms with Gasteiger partial charge in [-0.05, 0) is 29.5 Å². The van der Waals surface area contributed by atoms with Crippen LogP contribution in [0.2, 0.25) is 0 Å².